The number of methoxy groups -OCH3 is 1. The summed E-state index contributed by atoms with van der Waals surface area (Å²) in [7, 11) is 5.17. The van der Waals surface area contributed by atoms with Crippen molar-refractivity contribution >= 4 is 40.7 Å². The summed E-state index contributed by atoms with van der Waals surface area (Å²) < 4.78 is 31.1. The number of ether oxygens (including phenoxy) is 5. The zero-order valence-corrected chi connectivity index (χ0v) is 37.5. The molecular formula is C42H62N6O11S. The van der Waals surface area contributed by atoms with E-state index in [0.717, 1.165) is 0 Å². The molecule has 60 heavy (non-hydrogen) atoms. The van der Waals surface area contributed by atoms with Crippen molar-refractivity contribution in [1.82, 2.24) is 20.1 Å². The highest BCUT2D eigenvalue weighted by molar-refractivity contribution is 7.14. The maximum absolute atomic E-state index is 14.8. The summed E-state index contributed by atoms with van der Waals surface area (Å²) in [5.41, 5.74) is 4.33. The minimum Gasteiger partial charge on any atom is -0.458 e. The molecule has 3 N–H and O–H groups in total. The molecule has 2 aromatic heterocycles. The number of amidine groups is 1. The van der Waals surface area contributed by atoms with Gasteiger partial charge < -0.3 is 44.3 Å². The lowest BCUT2D eigenvalue weighted by Gasteiger charge is -2.47. The van der Waals surface area contributed by atoms with Crippen LogP contribution in [0.1, 0.15) is 92.7 Å². The number of aromatic nitrogens is 3. The Kier molecular flexibility index (Phi) is 14.9. The van der Waals surface area contributed by atoms with Crippen molar-refractivity contribution in [2.24, 2.45) is 46.4 Å². The number of likely N-dealkylation sites (N-methyl/N-ethyl adjacent to an activating group) is 1. The van der Waals surface area contributed by atoms with E-state index in [1.165, 1.54) is 25.4 Å². The molecule has 15 atom stereocenters. The first kappa shape index (κ1) is 47.1. The topological polar surface area (TPSA) is 224 Å². The van der Waals surface area contributed by atoms with Gasteiger partial charge in [0.1, 0.15) is 35.5 Å². The van der Waals surface area contributed by atoms with E-state index in [-0.39, 0.29) is 36.6 Å². The van der Waals surface area contributed by atoms with E-state index in [1.54, 1.807) is 60.7 Å². The highest BCUT2D eigenvalue weighted by Crippen LogP contribution is 2.48. The Morgan fingerprint density at radius 3 is 2.38 bits per heavy atom. The minimum absolute atomic E-state index is 0.0515. The number of carbonyl (C=O) groups excluding carboxylic acids is 4. The summed E-state index contributed by atoms with van der Waals surface area (Å²) in [4.78, 5) is 69.1. The lowest BCUT2D eigenvalue weighted by atomic mass is 9.67. The number of hydrogen-bond acceptors (Lipinski definition) is 17. The Bertz CT molecular complexity index is 1880. The summed E-state index contributed by atoms with van der Waals surface area (Å²) in [6.07, 6.45) is -3.03. The number of esters is 2. The zero-order chi connectivity index (χ0) is 44.4. The maximum atomic E-state index is 14.8. The predicted octanol–water partition coefficient (Wildman–Crippen LogP) is 4.12. The summed E-state index contributed by atoms with van der Waals surface area (Å²) in [6, 6.07) is 5.14. The highest BCUT2D eigenvalue weighted by atomic mass is 32.1. The van der Waals surface area contributed by atoms with Crippen molar-refractivity contribution in [3.8, 4) is 10.7 Å². The quantitative estimate of drug-likeness (QED) is 0.113. The summed E-state index contributed by atoms with van der Waals surface area (Å²) in [5.74, 6) is -8.88. The molecule has 3 fully saturated rings. The van der Waals surface area contributed by atoms with Crippen molar-refractivity contribution < 1.29 is 52.8 Å². The van der Waals surface area contributed by atoms with Gasteiger partial charge in [-0.15, -0.1) is 10.2 Å². The third kappa shape index (κ3) is 9.43. The third-order valence-corrected chi connectivity index (χ3v) is 13.8. The molecule has 3 saturated heterocycles. The normalized spacial score (nSPS) is 37.9. The molecule has 0 radical (unpaired) electrons. The van der Waals surface area contributed by atoms with Crippen LogP contribution < -0.4 is 5.73 Å². The molecule has 1 unspecified atom stereocenters. The van der Waals surface area contributed by atoms with Crippen molar-refractivity contribution in [1.29, 1.82) is 0 Å². The van der Waals surface area contributed by atoms with Crippen LogP contribution in [0.15, 0.2) is 29.6 Å². The van der Waals surface area contributed by atoms with E-state index in [1.807, 2.05) is 38.1 Å². The first-order valence-electron chi connectivity index (χ1n) is 20.6. The van der Waals surface area contributed by atoms with Crippen LogP contribution >= 0.6 is 11.3 Å². The van der Waals surface area contributed by atoms with Crippen LogP contribution in [0.3, 0.4) is 0 Å². The molecule has 5 heterocycles. The SMILES string of the molecule is CC[C@@H]1OC(=O)[C@H](C)C(=O)[C@H](C)[C@@H](OC2O[C@H](C)C[C@H](N(C)C)[C@H]2O)[C@](C)(OC)C[C@@H](C)C(=O)[C@H](C)[C@H]2[C@H](/C(N)=N/O[C@H](C)c3nnc(-c4ccccn4)s3)C(=O)O[C@@]21C. The molecule has 0 saturated carbocycles. The second-order valence-electron chi connectivity index (χ2n) is 17.2. The average Bonchev–Trinajstić information content (AvgIpc) is 3.83. The lowest BCUT2D eigenvalue weighted by molar-refractivity contribution is -0.295. The van der Waals surface area contributed by atoms with Crippen LogP contribution in [0.4, 0.5) is 0 Å². The predicted molar refractivity (Wildman–Crippen MR) is 220 cm³/mol. The smallest absolute Gasteiger partial charge is 0.317 e. The van der Waals surface area contributed by atoms with E-state index in [4.69, 9.17) is 34.3 Å². The summed E-state index contributed by atoms with van der Waals surface area (Å²) in [6.45, 7) is 15.2. The molecule has 5 rings (SSSR count). The first-order chi connectivity index (χ1) is 28.2. The van der Waals surface area contributed by atoms with E-state index in [2.05, 4.69) is 20.3 Å². The molecular weight excluding hydrogens is 797 g/mol. The van der Waals surface area contributed by atoms with Gasteiger partial charge in [-0.05, 0) is 80.1 Å². The van der Waals surface area contributed by atoms with Crippen LogP contribution in [-0.2, 0) is 47.7 Å². The number of oxime groups is 1. The number of nitrogens with zero attached hydrogens (tertiary/aromatic N) is 5. The molecule has 2 aromatic rings. The molecule has 332 valence electrons. The van der Waals surface area contributed by atoms with E-state index in [9.17, 15) is 24.3 Å². The Morgan fingerprint density at radius 1 is 1.07 bits per heavy atom. The van der Waals surface area contributed by atoms with Gasteiger partial charge in [-0.1, -0.05) is 50.3 Å². The Labute approximate surface area is 356 Å². The third-order valence-electron chi connectivity index (χ3n) is 12.7. The fourth-order valence-electron chi connectivity index (χ4n) is 9.18. The molecule has 0 aromatic carbocycles. The number of aliphatic hydroxyl groups is 1. The molecule has 0 amide bonds. The van der Waals surface area contributed by atoms with E-state index >= 15 is 0 Å². The second kappa shape index (κ2) is 19.0. The number of cyclic esters (lactones) is 1. The Morgan fingerprint density at radius 2 is 1.77 bits per heavy atom. The maximum Gasteiger partial charge on any atom is 0.317 e. The number of pyridine rings is 1. The van der Waals surface area contributed by atoms with Gasteiger partial charge in [-0.25, -0.2) is 0 Å². The summed E-state index contributed by atoms with van der Waals surface area (Å²) in [5, 5.41) is 25.1. The number of fused-ring (bicyclic) bond motifs is 1. The van der Waals surface area contributed by atoms with E-state index < -0.39 is 95.1 Å². The van der Waals surface area contributed by atoms with Crippen molar-refractivity contribution in [3.63, 3.8) is 0 Å². The van der Waals surface area contributed by atoms with Gasteiger partial charge in [-0.2, -0.15) is 0 Å². The van der Waals surface area contributed by atoms with E-state index in [0.29, 0.717) is 22.1 Å². The number of nitrogens with two attached hydrogens (primary N) is 1. The fourth-order valence-corrected chi connectivity index (χ4v) is 9.97. The molecule has 18 heteroatoms. The highest BCUT2D eigenvalue weighted by Gasteiger charge is 2.62. The van der Waals surface area contributed by atoms with Crippen LogP contribution in [0.2, 0.25) is 0 Å². The van der Waals surface area contributed by atoms with Gasteiger partial charge in [0.05, 0.1) is 17.8 Å². The molecule has 0 spiro atoms. The Hall–Kier alpha value is -3.94. The number of rotatable bonds is 10. The zero-order valence-electron chi connectivity index (χ0n) is 36.7. The van der Waals surface area contributed by atoms with Crippen LogP contribution in [0.5, 0.6) is 0 Å². The molecule has 3 aliphatic rings. The lowest BCUT2D eigenvalue weighted by Crippen LogP contribution is -2.59. The number of aliphatic hydroxyl groups excluding tert-OH is 1. The minimum atomic E-state index is -1.58. The van der Waals surface area contributed by atoms with Crippen molar-refractivity contribution in [2.45, 2.75) is 136 Å². The monoisotopic (exact) mass is 858 g/mol. The van der Waals surface area contributed by atoms with Crippen LogP contribution in [0.25, 0.3) is 10.7 Å². The molecule has 0 aliphatic carbocycles. The number of hydrogen-bond donors (Lipinski definition) is 2. The first-order valence-corrected chi connectivity index (χ1v) is 21.5. The largest absolute Gasteiger partial charge is 0.458 e. The van der Waals surface area contributed by atoms with Gasteiger partial charge in [0.25, 0.3) is 0 Å². The fraction of sp³-hybridized carbons (Fsp3) is 0.714. The van der Waals surface area contributed by atoms with Gasteiger partial charge in [0, 0.05) is 43.0 Å². The standard InChI is InChI=1S/C42H62N6O11S/c1-13-28-42(9)30(29(39(53)58-42)35(43)47-59-25(7)36-45-46-37(60-36)26-16-14-15-17-44-26)22(4)31(49)20(2)19-41(8,54-12)34(23(5)32(50)24(6)38(52)56-28)57-40-33(51)27(48(10)11)18-21(3)55-40/h14-17,20-25,27-30,33-34,40,51H,13,18-19H2,1-12H3,(H2,43,47)/t20-,21-,22-,23+,24-,25-,27+,28+,29-,30+,33-,34-,40?,41-,42-/m1/s1. The summed E-state index contributed by atoms with van der Waals surface area (Å²) >= 11 is 1.26. The molecule has 17 nitrogen and oxygen atoms in total. The molecule has 0 bridgehead atoms. The number of Topliss-reactive ketones (excluding diaryl/α,β-unsaturated/α-hetero) is 2. The van der Waals surface area contributed by atoms with Gasteiger partial charge in [0.2, 0.25) is 0 Å². The average molecular weight is 859 g/mol. The van der Waals surface area contributed by atoms with Gasteiger partial charge in [0.15, 0.2) is 39.6 Å². The van der Waals surface area contributed by atoms with Crippen molar-refractivity contribution in [2.75, 3.05) is 21.2 Å². The van der Waals surface area contributed by atoms with Gasteiger partial charge >= 0.3 is 11.9 Å². The van der Waals surface area contributed by atoms with Crippen LogP contribution in [-0.4, -0.2) is 124 Å². The molecule has 3 aliphatic heterocycles. The van der Waals surface area contributed by atoms with Crippen molar-refractivity contribution in [3.05, 3.63) is 29.4 Å². The number of ketones is 2. The Balaban J connectivity index is 1.51. The number of carbonyl (C=O) groups is 4. The van der Waals surface area contributed by atoms with Gasteiger partial charge in [-0.3, -0.25) is 24.2 Å². The second-order valence-corrected chi connectivity index (χ2v) is 18.2. The van der Waals surface area contributed by atoms with Crippen LogP contribution in [0, 0.1) is 35.5 Å².